The highest BCUT2D eigenvalue weighted by Crippen LogP contribution is 2.47. The molecule has 3 rings (SSSR count). The maximum atomic E-state index is 11.3. The van der Waals surface area contributed by atoms with E-state index in [2.05, 4.69) is 27.0 Å². The number of nitriles is 1. The number of nitrogens with zero attached hydrogens (tertiary/aromatic N) is 3. The van der Waals surface area contributed by atoms with Gasteiger partial charge in [-0.25, -0.2) is 4.79 Å². The molecule has 6 heteroatoms. The Kier molecular flexibility index (Phi) is 3.17. The van der Waals surface area contributed by atoms with Crippen molar-refractivity contribution in [3.05, 3.63) is 28.5 Å². The fourth-order valence-corrected chi connectivity index (χ4v) is 3.99. The van der Waals surface area contributed by atoms with Crippen molar-refractivity contribution < 1.29 is 9.90 Å². The Bertz CT molecular complexity index is 584. The molecule has 2 aliphatic rings. The Labute approximate surface area is 125 Å². The Morgan fingerprint density at radius 2 is 2.10 bits per heavy atom. The minimum Gasteiger partial charge on any atom is -0.465 e. The van der Waals surface area contributed by atoms with Crippen LogP contribution in [0.2, 0.25) is 0 Å². The average Bonchev–Trinajstić information content (AvgIpc) is 2.71. The number of pyridine rings is 1. The van der Waals surface area contributed by atoms with Crippen molar-refractivity contribution in [2.45, 2.75) is 43.2 Å². The van der Waals surface area contributed by atoms with Gasteiger partial charge in [-0.3, -0.25) is 4.98 Å². The first-order chi connectivity index (χ1) is 9.55. The molecule has 0 saturated carbocycles. The Morgan fingerprint density at radius 3 is 2.60 bits per heavy atom. The highest BCUT2D eigenvalue weighted by Gasteiger charge is 2.51. The molecule has 1 aromatic heterocycles. The van der Waals surface area contributed by atoms with Gasteiger partial charge < -0.3 is 10.0 Å². The zero-order valence-corrected chi connectivity index (χ0v) is 12.4. The molecule has 2 aliphatic heterocycles. The quantitative estimate of drug-likeness (QED) is 0.855. The van der Waals surface area contributed by atoms with Gasteiger partial charge in [0, 0.05) is 29.0 Å². The number of aromatic nitrogens is 1. The zero-order chi connectivity index (χ0) is 14.3. The van der Waals surface area contributed by atoms with E-state index in [0.29, 0.717) is 12.8 Å². The largest absolute Gasteiger partial charge is 0.465 e. The van der Waals surface area contributed by atoms with Crippen LogP contribution in [0, 0.1) is 11.3 Å². The number of rotatable bonds is 1. The van der Waals surface area contributed by atoms with Gasteiger partial charge in [0.25, 0.3) is 0 Å². The monoisotopic (exact) mass is 335 g/mol. The second-order valence-electron chi connectivity index (χ2n) is 5.57. The molecule has 3 heterocycles. The van der Waals surface area contributed by atoms with Gasteiger partial charge in [0.2, 0.25) is 0 Å². The minimum atomic E-state index is -0.864. The number of carbonyl (C=O) groups is 1. The van der Waals surface area contributed by atoms with Crippen molar-refractivity contribution in [1.29, 1.82) is 5.26 Å². The number of piperidine rings is 1. The van der Waals surface area contributed by atoms with Crippen LogP contribution < -0.4 is 0 Å². The minimum absolute atomic E-state index is 0.0510. The van der Waals surface area contributed by atoms with Crippen LogP contribution >= 0.6 is 15.9 Å². The van der Waals surface area contributed by atoms with Crippen LogP contribution in [0.1, 0.15) is 31.2 Å². The molecular formula is C14H14BrN3O2. The van der Waals surface area contributed by atoms with Crippen LogP contribution in [-0.2, 0) is 5.41 Å². The summed E-state index contributed by atoms with van der Waals surface area (Å²) in [6, 6.07) is 4.26. The summed E-state index contributed by atoms with van der Waals surface area (Å²) < 4.78 is 0.845. The van der Waals surface area contributed by atoms with Crippen molar-refractivity contribution in [2.75, 3.05) is 0 Å². The van der Waals surface area contributed by atoms with E-state index in [0.717, 1.165) is 22.9 Å². The summed E-state index contributed by atoms with van der Waals surface area (Å²) in [5.41, 5.74) is 0.269. The van der Waals surface area contributed by atoms with E-state index in [1.54, 1.807) is 17.3 Å². The maximum Gasteiger partial charge on any atom is 0.407 e. The fraction of sp³-hybridized carbons (Fsp3) is 0.500. The van der Waals surface area contributed by atoms with E-state index < -0.39 is 11.5 Å². The third-order valence-corrected chi connectivity index (χ3v) is 4.91. The van der Waals surface area contributed by atoms with Crippen LogP contribution in [0.4, 0.5) is 4.79 Å². The summed E-state index contributed by atoms with van der Waals surface area (Å²) in [6.45, 7) is 0. The van der Waals surface area contributed by atoms with Gasteiger partial charge in [-0.15, -0.1) is 0 Å². The summed E-state index contributed by atoms with van der Waals surface area (Å²) in [7, 11) is 0. The van der Waals surface area contributed by atoms with E-state index in [9.17, 15) is 15.2 Å². The third-order valence-electron chi connectivity index (χ3n) is 4.48. The lowest BCUT2D eigenvalue weighted by molar-refractivity contribution is 0.0856. The zero-order valence-electron chi connectivity index (χ0n) is 10.8. The van der Waals surface area contributed by atoms with Gasteiger partial charge in [0.05, 0.1) is 11.5 Å². The molecule has 20 heavy (non-hydrogen) atoms. The molecule has 104 valence electrons. The number of hydrogen-bond donors (Lipinski definition) is 1. The molecule has 1 aromatic rings. The topological polar surface area (TPSA) is 77.2 Å². The molecule has 2 fully saturated rings. The van der Waals surface area contributed by atoms with E-state index >= 15 is 0 Å². The van der Waals surface area contributed by atoms with Crippen molar-refractivity contribution >= 4 is 22.0 Å². The molecule has 0 aliphatic carbocycles. The van der Waals surface area contributed by atoms with Crippen LogP contribution in [0.15, 0.2) is 22.9 Å². The predicted octanol–water partition coefficient (Wildman–Crippen LogP) is 2.91. The normalized spacial score (nSPS) is 31.9. The van der Waals surface area contributed by atoms with Gasteiger partial charge in [-0.05, 0) is 53.2 Å². The Morgan fingerprint density at radius 1 is 1.45 bits per heavy atom. The van der Waals surface area contributed by atoms with Crippen molar-refractivity contribution in [1.82, 2.24) is 9.88 Å². The van der Waals surface area contributed by atoms with E-state index in [1.165, 1.54) is 0 Å². The predicted molar refractivity (Wildman–Crippen MR) is 75.1 cm³/mol. The average molecular weight is 336 g/mol. The molecule has 1 amide bonds. The maximum absolute atomic E-state index is 11.3. The van der Waals surface area contributed by atoms with E-state index in [1.807, 2.05) is 6.07 Å². The number of hydrogen-bond acceptors (Lipinski definition) is 3. The smallest absolute Gasteiger partial charge is 0.407 e. The van der Waals surface area contributed by atoms with Crippen LogP contribution in [-0.4, -0.2) is 33.2 Å². The molecule has 0 aromatic carbocycles. The highest BCUT2D eigenvalue weighted by atomic mass is 79.9. The molecule has 5 nitrogen and oxygen atoms in total. The van der Waals surface area contributed by atoms with Crippen LogP contribution in [0.5, 0.6) is 0 Å². The Hall–Kier alpha value is -1.61. The molecule has 2 atom stereocenters. The van der Waals surface area contributed by atoms with Gasteiger partial charge in [-0.2, -0.15) is 5.26 Å². The molecule has 2 bridgehead atoms. The summed E-state index contributed by atoms with van der Waals surface area (Å²) in [5, 5.41) is 19.0. The standard InChI is InChI=1S/C14H14BrN3O2/c15-10-3-9(6-17-7-10)14(8-16)4-11-1-2-12(5-14)18(11)13(19)20/h3,6-7,11-12H,1-2,4-5H2,(H,19,20). The van der Waals surface area contributed by atoms with Gasteiger partial charge >= 0.3 is 6.09 Å². The van der Waals surface area contributed by atoms with Crippen molar-refractivity contribution in [3.63, 3.8) is 0 Å². The first-order valence-electron chi connectivity index (χ1n) is 6.59. The fourth-order valence-electron chi connectivity index (χ4n) is 3.63. The molecular weight excluding hydrogens is 322 g/mol. The third kappa shape index (κ3) is 1.97. The lowest BCUT2D eigenvalue weighted by atomic mass is 9.71. The van der Waals surface area contributed by atoms with E-state index in [-0.39, 0.29) is 12.1 Å². The Balaban J connectivity index is 1.98. The number of fused-ring (bicyclic) bond motifs is 2. The number of carboxylic acid groups (broad SMARTS) is 1. The molecule has 1 N–H and O–H groups in total. The second kappa shape index (κ2) is 4.74. The summed E-state index contributed by atoms with van der Waals surface area (Å²) in [5.74, 6) is 0. The lowest BCUT2D eigenvalue weighted by Gasteiger charge is -2.41. The summed E-state index contributed by atoms with van der Waals surface area (Å²) >= 11 is 3.39. The lowest BCUT2D eigenvalue weighted by Crippen LogP contribution is -2.51. The van der Waals surface area contributed by atoms with Crippen molar-refractivity contribution in [3.8, 4) is 6.07 Å². The number of amides is 1. The summed E-state index contributed by atoms with van der Waals surface area (Å²) in [6.07, 6.45) is 5.37. The molecule has 0 spiro atoms. The summed E-state index contributed by atoms with van der Waals surface area (Å²) in [4.78, 5) is 17.0. The van der Waals surface area contributed by atoms with Crippen LogP contribution in [0.3, 0.4) is 0 Å². The molecule has 0 radical (unpaired) electrons. The molecule has 2 unspecified atom stereocenters. The number of halogens is 1. The van der Waals surface area contributed by atoms with Gasteiger partial charge in [0.15, 0.2) is 0 Å². The SMILES string of the molecule is N#CC1(c2cncc(Br)c2)CC2CCC(C1)N2C(=O)O. The second-order valence-corrected chi connectivity index (χ2v) is 6.48. The first-order valence-corrected chi connectivity index (χ1v) is 7.38. The first kappa shape index (κ1) is 13.4. The highest BCUT2D eigenvalue weighted by molar-refractivity contribution is 9.10. The van der Waals surface area contributed by atoms with E-state index in [4.69, 9.17) is 0 Å². The van der Waals surface area contributed by atoms with Gasteiger partial charge in [-0.1, -0.05) is 0 Å². The molecule has 2 saturated heterocycles. The van der Waals surface area contributed by atoms with Gasteiger partial charge in [0.1, 0.15) is 0 Å². The van der Waals surface area contributed by atoms with Crippen molar-refractivity contribution in [2.24, 2.45) is 0 Å². The van der Waals surface area contributed by atoms with Crippen LogP contribution in [0.25, 0.3) is 0 Å².